The predicted molar refractivity (Wildman–Crippen MR) is 74.0 cm³/mol. The highest BCUT2D eigenvalue weighted by Gasteiger charge is 2.09. The van der Waals surface area contributed by atoms with Crippen molar-refractivity contribution in [3.05, 3.63) is 28.8 Å². The van der Waals surface area contributed by atoms with Gasteiger partial charge in [0.25, 0.3) is 0 Å². The fraction of sp³-hybridized carbons (Fsp3) is 0.538. The van der Waals surface area contributed by atoms with Crippen molar-refractivity contribution in [2.24, 2.45) is 5.73 Å². The van der Waals surface area contributed by atoms with Gasteiger partial charge in [0.1, 0.15) is 0 Å². The number of anilines is 1. The van der Waals surface area contributed by atoms with Crippen LogP contribution in [0.3, 0.4) is 0 Å². The van der Waals surface area contributed by atoms with Crippen LogP contribution in [0.25, 0.3) is 0 Å². The van der Waals surface area contributed by atoms with E-state index in [-0.39, 0.29) is 0 Å². The molecule has 96 valence electrons. The Hall–Kier alpha value is -0.770. The standard InChI is InChI=1S/C13H21ClN2O/c1-16(9-4-10-17-2)13-6-3-5-12(14)11(13)7-8-15/h3,5-6H,4,7-10,15H2,1-2H3. The average molecular weight is 257 g/mol. The Morgan fingerprint density at radius 3 is 2.82 bits per heavy atom. The van der Waals surface area contributed by atoms with Crippen LogP contribution < -0.4 is 10.6 Å². The lowest BCUT2D eigenvalue weighted by Crippen LogP contribution is -2.21. The molecule has 17 heavy (non-hydrogen) atoms. The summed E-state index contributed by atoms with van der Waals surface area (Å²) in [5, 5.41) is 0.798. The van der Waals surface area contributed by atoms with Crippen molar-refractivity contribution in [3.63, 3.8) is 0 Å². The third-order valence-corrected chi connectivity index (χ3v) is 3.10. The molecule has 0 fully saturated rings. The molecular weight excluding hydrogens is 236 g/mol. The smallest absolute Gasteiger partial charge is 0.0479 e. The van der Waals surface area contributed by atoms with Gasteiger partial charge in [0.15, 0.2) is 0 Å². The van der Waals surface area contributed by atoms with Crippen molar-refractivity contribution in [1.82, 2.24) is 0 Å². The van der Waals surface area contributed by atoms with Crippen molar-refractivity contribution < 1.29 is 4.74 Å². The highest BCUT2D eigenvalue weighted by atomic mass is 35.5. The lowest BCUT2D eigenvalue weighted by molar-refractivity contribution is 0.196. The van der Waals surface area contributed by atoms with Gasteiger partial charge in [-0.2, -0.15) is 0 Å². The molecule has 0 saturated carbocycles. The number of nitrogens with two attached hydrogens (primary N) is 1. The fourth-order valence-electron chi connectivity index (χ4n) is 1.86. The first-order chi connectivity index (χ1) is 8.20. The van der Waals surface area contributed by atoms with E-state index in [0.717, 1.165) is 36.6 Å². The van der Waals surface area contributed by atoms with Gasteiger partial charge >= 0.3 is 0 Å². The Kier molecular flexibility index (Phi) is 6.34. The Morgan fingerprint density at radius 2 is 2.18 bits per heavy atom. The van der Waals surface area contributed by atoms with Gasteiger partial charge in [-0.1, -0.05) is 17.7 Å². The monoisotopic (exact) mass is 256 g/mol. The Morgan fingerprint density at radius 1 is 1.41 bits per heavy atom. The molecule has 0 unspecified atom stereocenters. The molecule has 0 aromatic heterocycles. The number of benzene rings is 1. The van der Waals surface area contributed by atoms with Gasteiger partial charge in [0.05, 0.1) is 0 Å². The Labute approximate surface area is 109 Å². The van der Waals surface area contributed by atoms with Gasteiger partial charge in [0.2, 0.25) is 0 Å². The lowest BCUT2D eigenvalue weighted by atomic mass is 10.1. The molecule has 0 aliphatic heterocycles. The van der Waals surface area contributed by atoms with E-state index >= 15 is 0 Å². The normalized spacial score (nSPS) is 10.6. The number of nitrogens with zero attached hydrogens (tertiary/aromatic N) is 1. The first-order valence-electron chi connectivity index (χ1n) is 5.88. The highest BCUT2D eigenvalue weighted by molar-refractivity contribution is 6.31. The first kappa shape index (κ1) is 14.3. The van der Waals surface area contributed by atoms with Crippen LogP contribution in [0, 0.1) is 0 Å². The molecule has 1 aromatic carbocycles. The molecule has 0 saturated heterocycles. The van der Waals surface area contributed by atoms with Gasteiger partial charge in [-0.3, -0.25) is 0 Å². The molecule has 0 aliphatic carbocycles. The van der Waals surface area contributed by atoms with E-state index in [1.165, 1.54) is 5.69 Å². The zero-order chi connectivity index (χ0) is 12.7. The maximum atomic E-state index is 6.21. The van der Waals surface area contributed by atoms with Crippen LogP contribution in [0.15, 0.2) is 18.2 Å². The van der Waals surface area contributed by atoms with E-state index in [1.807, 2.05) is 12.1 Å². The zero-order valence-electron chi connectivity index (χ0n) is 10.6. The number of ether oxygens (including phenoxy) is 1. The summed E-state index contributed by atoms with van der Waals surface area (Å²) in [6.45, 7) is 2.34. The van der Waals surface area contributed by atoms with Crippen LogP contribution in [-0.2, 0) is 11.2 Å². The number of methoxy groups -OCH3 is 1. The molecule has 2 N–H and O–H groups in total. The molecule has 1 aromatic rings. The van der Waals surface area contributed by atoms with Crippen molar-refractivity contribution in [2.75, 3.05) is 38.8 Å². The van der Waals surface area contributed by atoms with Gasteiger partial charge in [-0.15, -0.1) is 0 Å². The molecule has 4 heteroatoms. The van der Waals surface area contributed by atoms with Crippen LogP contribution in [-0.4, -0.2) is 33.9 Å². The van der Waals surface area contributed by atoms with Crippen LogP contribution >= 0.6 is 11.6 Å². The van der Waals surface area contributed by atoms with Crippen LogP contribution in [0.5, 0.6) is 0 Å². The second kappa shape index (κ2) is 7.54. The molecule has 0 spiro atoms. The van der Waals surface area contributed by atoms with Gasteiger partial charge in [-0.05, 0) is 37.1 Å². The van der Waals surface area contributed by atoms with E-state index in [0.29, 0.717) is 6.54 Å². The molecule has 0 aliphatic rings. The van der Waals surface area contributed by atoms with E-state index in [4.69, 9.17) is 22.1 Å². The maximum Gasteiger partial charge on any atom is 0.0479 e. The lowest BCUT2D eigenvalue weighted by Gasteiger charge is -2.23. The van der Waals surface area contributed by atoms with E-state index in [9.17, 15) is 0 Å². The zero-order valence-corrected chi connectivity index (χ0v) is 11.3. The minimum absolute atomic E-state index is 0.614. The third kappa shape index (κ3) is 4.19. The van der Waals surface area contributed by atoms with Gasteiger partial charge < -0.3 is 15.4 Å². The van der Waals surface area contributed by atoms with Crippen molar-refractivity contribution in [1.29, 1.82) is 0 Å². The first-order valence-corrected chi connectivity index (χ1v) is 6.26. The summed E-state index contributed by atoms with van der Waals surface area (Å²) < 4.78 is 5.06. The van der Waals surface area contributed by atoms with E-state index in [2.05, 4.69) is 18.0 Å². The number of halogens is 1. The summed E-state index contributed by atoms with van der Waals surface area (Å²) in [6, 6.07) is 5.98. The predicted octanol–water partition coefficient (Wildman–Crippen LogP) is 2.31. The van der Waals surface area contributed by atoms with Crippen LogP contribution in [0.2, 0.25) is 5.02 Å². The number of rotatable bonds is 7. The molecule has 1 rings (SSSR count). The summed E-state index contributed by atoms with van der Waals surface area (Å²) in [5.41, 5.74) is 7.92. The summed E-state index contributed by atoms with van der Waals surface area (Å²) in [4.78, 5) is 2.20. The molecule has 3 nitrogen and oxygen atoms in total. The molecule has 0 amide bonds. The van der Waals surface area contributed by atoms with Crippen LogP contribution in [0.4, 0.5) is 5.69 Å². The second-order valence-corrected chi connectivity index (χ2v) is 4.45. The maximum absolute atomic E-state index is 6.21. The van der Waals surface area contributed by atoms with Crippen molar-refractivity contribution in [3.8, 4) is 0 Å². The van der Waals surface area contributed by atoms with Crippen LogP contribution in [0.1, 0.15) is 12.0 Å². The fourth-order valence-corrected chi connectivity index (χ4v) is 2.13. The summed E-state index contributed by atoms with van der Waals surface area (Å²) in [7, 11) is 3.79. The Bertz CT molecular complexity index is 344. The molecule has 0 heterocycles. The summed E-state index contributed by atoms with van der Waals surface area (Å²) in [6.07, 6.45) is 1.81. The van der Waals surface area contributed by atoms with E-state index < -0.39 is 0 Å². The molecule has 0 radical (unpaired) electrons. The topological polar surface area (TPSA) is 38.5 Å². The molecule has 0 atom stereocenters. The second-order valence-electron chi connectivity index (χ2n) is 4.04. The summed E-state index contributed by atoms with van der Waals surface area (Å²) in [5.74, 6) is 0. The minimum atomic E-state index is 0.614. The summed E-state index contributed by atoms with van der Waals surface area (Å²) >= 11 is 6.21. The van der Waals surface area contributed by atoms with Crippen molar-refractivity contribution in [2.45, 2.75) is 12.8 Å². The quantitative estimate of drug-likeness (QED) is 0.761. The third-order valence-electron chi connectivity index (χ3n) is 2.74. The highest BCUT2D eigenvalue weighted by Crippen LogP contribution is 2.27. The van der Waals surface area contributed by atoms with Gasteiger partial charge in [-0.25, -0.2) is 0 Å². The SMILES string of the molecule is COCCCN(C)c1cccc(Cl)c1CCN. The Balaban J connectivity index is 2.77. The van der Waals surface area contributed by atoms with Crippen molar-refractivity contribution >= 4 is 17.3 Å². The largest absolute Gasteiger partial charge is 0.385 e. The minimum Gasteiger partial charge on any atom is -0.385 e. The number of hydrogen-bond donors (Lipinski definition) is 1. The molecule has 0 bridgehead atoms. The average Bonchev–Trinajstić information content (AvgIpc) is 2.32. The number of hydrogen-bond acceptors (Lipinski definition) is 3. The van der Waals surface area contributed by atoms with Gasteiger partial charge in [0, 0.05) is 38.0 Å². The van der Waals surface area contributed by atoms with E-state index in [1.54, 1.807) is 7.11 Å². The molecular formula is C13H21ClN2O.